The summed E-state index contributed by atoms with van der Waals surface area (Å²) >= 11 is 0. The van der Waals surface area contributed by atoms with E-state index < -0.39 is 11.9 Å². The van der Waals surface area contributed by atoms with E-state index in [1.807, 2.05) is 18.7 Å². The molecular formula is C16H27NO3. The van der Waals surface area contributed by atoms with Gasteiger partial charge in [0.2, 0.25) is 5.91 Å². The van der Waals surface area contributed by atoms with Gasteiger partial charge in [-0.3, -0.25) is 9.59 Å². The number of amides is 1. The van der Waals surface area contributed by atoms with Crippen LogP contribution in [0.4, 0.5) is 0 Å². The molecule has 20 heavy (non-hydrogen) atoms. The molecule has 1 N–H and O–H groups in total. The van der Waals surface area contributed by atoms with Gasteiger partial charge in [-0.15, -0.1) is 0 Å². The third-order valence-corrected chi connectivity index (χ3v) is 5.22. The first-order valence-electron chi connectivity index (χ1n) is 7.91. The van der Waals surface area contributed by atoms with Crippen LogP contribution in [-0.4, -0.2) is 35.0 Å². The van der Waals surface area contributed by atoms with Crippen molar-refractivity contribution in [3.8, 4) is 0 Å². The van der Waals surface area contributed by atoms with Crippen LogP contribution in [0.15, 0.2) is 0 Å². The summed E-state index contributed by atoms with van der Waals surface area (Å²) in [6, 6.07) is 0. The maximum atomic E-state index is 12.6. The van der Waals surface area contributed by atoms with Crippen LogP contribution in [0.5, 0.6) is 0 Å². The quantitative estimate of drug-likeness (QED) is 0.862. The summed E-state index contributed by atoms with van der Waals surface area (Å²) < 4.78 is 0. The molecule has 2 rings (SSSR count). The van der Waals surface area contributed by atoms with Crippen molar-refractivity contribution in [1.29, 1.82) is 0 Å². The van der Waals surface area contributed by atoms with Gasteiger partial charge in [0, 0.05) is 13.1 Å². The fraction of sp³-hybridized carbons (Fsp3) is 0.875. The third-order valence-electron chi connectivity index (χ3n) is 5.22. The number of likely N-dealkylation sites (tertiary alicyclic amines) is 1. The molecule has 2 aliphatic rings. The van der Waals surface area contributed by atoms with E-state index >= 15 is 0 Å². The smallest absolute Gasteiger partial charge is 0.307 e. The van der Waals surface area contributed by atoms with E-state index in [9.17, 15) is 14.7 Å². The Hall–Kier alpha value is -1.06. The molecule has 1 heterocycles. The molecule has 3 atom stereocenters. The minimum absolute atomic E-state index is 0.0690. The number of carboxylic acids is 1. The number of carbonyl (C=O) groups excluding carboxylic acids is 1. The van der Waals surface area contributed by atoms with E-state index in [0.717, 1.165) is 31.8 Å². The Bertz CT molecular complexity index is 391. The lowest BCUT2D eigenvalue weighted by atomic mass is 9.96. The van der Waals surface area contributed by atoms with Crippen molar-refractivity contribution < 1.29 is 14.7 Å². The third kappa shape index (κ3) is 2.84. The standard InChI is InChI=1S/C16H27NO3/c1-4-6-11-7-5-9-17(10-8-11)14(18)12-13(15(19)20)16(12,2)3/h11-13H,4-10H2,1-3H3,(H,19,20)/t11?,12-,13+/m1/s1. The highest BCUT2D eigenvalue weighted by atomic mass is 16.4. The fourth-order valence-electron chi connectivity index (χ4n) is 3.84. The van der Waals surface area contributed by atoms with Gasteiger partial charge >= 0.3 is 5.97 Å². The van der Waals surface area contributed by atoms with Gasteiger partial charge in [-0.2, -0.15) is 0 Å². The summed E-state index contributed by atoms with van der Waals surface area (Å²) in [5, 5.41) is 9.20. The molecule has 4 nitrogen and oxygen atoms in total. The second kappa shape index (κ2) is 5.74. The Kier molecular flexibility index (Phi) is 4.40. The number of rotatable bonds is 4. The Morgan fingerprint density at radius 1 is 1.20 bits per heavy atom. The van der Waals surface area contributed by atoms with Crippen LogP contribution in [0.1, 0.15) is 52.9 Å². The zero-order chi connectivity index (χ0) is 14.9. The largest absolute Gasteiger partial charge is 0.481 e. The van der Waals surface area contributed by atoms with Crippen molar-refractivity contribution in [2.75, 3.05) is 13.1 Å². The number of carboxylic acid groups (broad SMARTS) is 1. The van der Waals surface area contributed by atoms with Crippen LogP contribution < -0.4 is 0 Å². The summed E-state index contributed by atoms with van der Waals surface area (Å²) in [4.78, 5) is 25.7. The van der Waals surface area contributed by atoms with Crippen LogP contribution in [0.25, 0.3) is 0 Å². The Morgan fingerprint density at radius 3 is 2.45 bits per heavy atom. The molecule has 1 saturated carbocycles. The SMILES string of the molecule is CCCC1CCCN(C(=O)[C@H]2[C@@H](C(=O)O)C2(C)C)CC1. The Morgan fingerprint density at radius 2 is 1.90 bits per heavy atom. The van der Waals surface area contributed by atoms with E-state index in [2.05, 4.69) is 6.92 Å². The van der Waals surface area contributed by atoms with Gasteiger partial charge in [0.1, 0.15) is 0 Å². The van der Waals surface area contributed by atoms with Crippen molar-refractivity contribution in [1.82, 2.24) is 4.90 Å². The minimum atomic E-state index is -0.827. The van der Waals surface area contributed by atoms with Gasteiger partial charge in [-0.25, -0.2) is 0 Å². The molecule has 1 aliphatic carbocycles. The summed E-state index contributed by atoms with van der Waals surface area (Å²) in [5.74, 6) is -0.834. The summed E-state index contributed by atoms with van der Waals surface area (Å²) in [7, 11) is 0. The lowest BCUT2D eigenvalue weighted by Crippen LogP contribution is -2.34. The van der Waals surface area contributed by atoms with Crippen LogP contribution in [0.3, 0.4) is 0 Å². The van der Waals surface area contributed by atoms with E-state index in [-0.39, 0.29) is 17.2 Å². The van der Waals surface area contributed by atoms with E-state index in [0.29, 0.717) is 0 Å². The molecule has 1 aliphatic heterocycles. The van der Waals surface area contributed by atoms with Gasteiger partial charge < -0.3 is 10.0 Å². The lowest BCUT2D eigenvalue weighted by molar-refractivity contribution is -0.142. The molecular weight excluding hydrogens is 254 g/mol. The second-order valence-corrected chi connectivity index (χ2v) is 7.03. The predicted molar refractivity (Wildman–Crippen MR) is 77.2 cm³/mol. The van der Waals surface area contributed by atoms with Gasteiger partial charge in [0.05, 0.1) is 11.8 Å². The fourth-order valence-corrected chi connectivity index (χ4v) is 3.84. The molecule has 0 aromatic rings. The molecule has 1 amide bonds. The van der Waals surface area contributed by atoms with Gasteiger partial charge in [-0.1, -0.05) is 33.6 Å². The van der Waals surface area contributed by atoms with Crippen LogP contribution in [-0.2, 0) is 9.59 Å². The van der Waals surface area contributed by atoms with Crippen LogP contribution in [0, 0.1) is 23.2 Å². The first-order chi connectivity index (χ1) is 9.39. The van der Waals surface area contributed by atoms with E-state index in [1.54, 1.807) is 0 Å². The molecule has 114 valence electrons. The van der Waals surface area contributed by atoms with E-state index in [1.165, 1.54) is 19.3 Å². The molecule has 0 bridgehead atoms. The number of hydrogen-bond acceptors (Lipinski definition) is 2. The first-order valence-corrected chi connectivity index (χ1v) is 7.91. The zero-order valence-electron chi connectivity index (χ0n) is 12.9. The highest BCUT2D eigenvalue weighted by molar-refractivity contribution is 5.91. The number of nitrogens with zero attached hydrogens (tertiary/aromatic N) is 1. The summed E-state index contributed by atoms with van der Waals surface area (Å²) in [6.07, 6.45) is 5.78. The topological polar surface area (TPSA) is 57.6 Å². The van der Waals surface area contributed by atoms with E-state index in [4.69, 9.17) is 0 Å². The number of carbonyl (C=O) groups is 2. The molecule has 1 unspecified atom stereocenters. The highest BCUT2D eigenvalue weighted by Gasteiger charge is 2.66. The number of aliphatic carboxylic acids is 1. The molecule has 0 spiro atoms. The molecule has 2 fully saturated rings. The van der Waals surface area contributed by atoms with Crippen molar-refractivity contribution >= 4 is 11.9 Å². The molecule has 0 aromatic heterocycles. The zero-order valence-corrected chi connectivity index (χ0v) is 12.9. The maximum Gasteiger partial charge on any atom is 0.307 e. The van der Waals surface area contributed by atoms with Crippen LogP contribution in [0.2, 0.25) is 0 Å². The minimum Gasteiger partial charge on any atom is -0.481 e. The molecule has 0 aromatic carbocycles. The van der Waals surface area contributed by atoms with Gasteiger partial charge in [-0.05, 0) is 30.6 Å². The Balaban J connectivity index is 1.95. The van der Waals surface area contributed by atoms with Crippen LogP contribution >= 0.6 is 0 Å². The van der Waals surface area contributed by atoms with Crippen molar-refractivity contribution in [2.24, 2.45) is 23.2 Å². The average molecular weight is 281 g/mol. The highest BCUT2D eigenvalue weighted by Crippen LogP contribution is 2.59. The maximum absolute atomic E-state index is 12.6. The summed E-state index contributed by atoms with van der Waals surface area (Å²) in [5.41, 5.74) is -0.377. The molecule has 4 heteroatoms. The lowest BCUT2D eigenvalue weighted by Gasteiger charge is -2.21. The second-order valence-electron chi connectivity index (χ2n) is 7.03. The summed E-state index contributed by atoms with van der Waals surface area (Å²) in [6.45, 7) is 7.61. The normalized spacial score (nSPS) is 32.5. The van der Waals surface area contributed by atoms with Crippen molar-refractivity contribution in [3.63, 3.8) is 0 Å². The molecule has 1 saturated heterocycles. The predicted octanol–water partition coefficient (Wildman–Crippen LogP) is 2.77. The number of hydrogen-bond donors (Lipinski definition) is 1. The first kappa shape index (κ1) is 15.3. The van der Waals surface area contributed by atoms with Crippen molar-refractivity contribution in [2.45, 2.75) is 52.9 Å². The molecule has 0 radical (unpaired) electrons. The average Bonchev–Trinajstić information content (AvgIpc) is 3.01. The monoisotopic (exact) mass is 281 g/mol. The van der Waals surface area contributed by atoms with Gasteiger partial charge in [0.15, 0.2) is 0 Å². The Labute approximate surface area is 121 Å². The van der Waals surface area contributed by atoms with Gasteiger partial charge in [0.25, 0.3) is 0 Å². The van der Waals surface area contributed by atoms with Crippen molar-refractivity contribution in [3.05, 3.63) is 0 Å².